The first-order valence-electron chi connectivity index (χ1n) is 10.9. The molecule has 0 aliphatic carbocycles. The summed E-state index contributed by atoms with van der Waals surface area (Å²) >= 11 is 0. The van der Waals surface area contributed by atoms with Gasteiger partial charge >= 0.3 is 0 Å². The Morgan fingerprint density at radius 1 is 1.23 bits per heavy atom. The number of ether oxygens (including phenoxy) is 1. The number of anilines is 2. The first kappa shape index (κ1) is 22.5. The van der Waals surface area contributed by atoms with Crippen molar-refractivity contribution in [1.82, 2.24) is 10.6 Å². The van der Waals surface area contributed by atoms with Crippen LogP contribution < -0.4 is 25.6 Å². The average Bonchev–Trinajstić information content (AvgIpc) is 3.20. The highest BCUT2D eigenvalue weighted by Gasteiger charge is 2.23. The quantitative estimate of drug-likeness (QED) is 0.345. The molecule has 0 aromatic heterocycles. The summed E-state index contributed by atoms with van der Waals surface area (Å²) in [4.78, 5) is 18.3. The Hall–Kier alpha value is -3.22. The molecule has 2 aromatic carbocycles. The highest BCUT2D eigenvalue weighted by Crippen LogP contribution is 2.21. The molecular formula is C24H33N5O2. The van der Waals surface area contributed by atoms with E-state index in [-0.39, 0.29) is 5.91 Å². The summed E-state index contributed by atoms with van der Waals surface area (Å²) in [6.07, 6.45) is 1.07. The standard InChI is InChI=1S/C24H33N5O2/c1-4-25-24(26-13-15-31-23-7-5-6-20(16-23)27-19(3)30)28-21-12-14-29(17-21)22-10-8-18(2)9-11-22/h5-11,16,21H,4,12-15,17H2,1-3H3,(H,27,30)(H2,25,26,28). The molecule has 3 N–H and O–H groups in total. The van der Waals surface area contributed by atoms with Crippen LogP contribution in [0.1, 0.15) is 25.8 Å². The third-order valence-electron chi connectivity index (χ3n) is 5.06. The summed E-state index contributed by atoms with van der Waals surface area (Å²) in [7, 11) is 0. The lowest BCUT2D eigenvalue weighted by Gasteiger charge is -2.20. The van der Waals surface area contributed by atoms with E-state index in [1.165, 1.54) is 18.2 Å². The molecule has 2 aromatic rings. The van der Waals surface area contributed by atoms with Crippen molar-refractivity contribution in [1.29, 1.82) is 0 Å². The topological polar surface area (TPSA) is 78.0 Å². The zero-order valence-corrected chi connectivity index (χ0v) is 18.6. The predicted octanol–water partition coefficient (Wildman–Crippen LogP) is 3.17. The summed E-state index contributed by atoms with van der Waals surface area (Å²) in [6, 6.07) is 16.4. The molecule has 1 saturated heterocycles. The Labute approximate surface area is 184 Å². The van der Waals surface area contributed by atoms with Gasteiger partial charge in [-0.25, -0.2) is 4.99 Å². The van der Waals surface area contributed by atoms with E-state index in [0.717, 1.165) is 37.7 Å². The maximum atomic E-state index is 11.2. The number of aryl methyl sites for hydroxylation is 1. The number of hydrogen-bond donors (Lipinski definition) is 3. The van der Waals surface area contributed by atoms with Gasteiger partial charge in [-0.15, -0.1) is 0 Å². The van der Waals surface area contributed by atoms with Gasteiger partial charge in [-0.1, -0.05) is 23.8 Å². The fourth-order valence-electron chi connectivity index (χ4n) is 3.57. The number of carbonyl (C=O) groups is 1. The number of rotatable bonds is 8. The van der Waals surface area contributed by atoms with E-state index in [1.807, 2.05) is 24.3 Å². The SMILES string of the molecule is CCNC(=NCCOc1cccc(NC(C)=O)c1)NC1CCN(c2ccc(C)cc2)C1. The third-order valence-corrected chi connectivity index (χ3v) is 5.06. The number of nitrogens with one attached hydrogen (secondary N) is 3. The molecule has 3 rings (SSSR count). The zero-order valence-electron chi connectivity index (χ0n) is 18.6. The number of nitrogens with zero attached hydrogens (tertiary/aromatic N) is 2. The molecule has 166 valence electrons. The largest absolute Gasteiger partial charge is 0.492 e. The molecule has 7 nitrogen and oxygen atoms in total. The molecule has 1 aliphatic heterocycles. The van der Waals surface area contributed by atoms with Crippen LogP contribution in [0.4, 0.5) is 11.4 Å². The van der Waals surface area contributed by atoms with Gasteiger partial charge in [-0.3, -0.25) is 4.79 Å². The van der Waals surface area contributed by atoms with Crippen molar-refractivity contribution in [3.63, 3.8) is 0 Å². The molecular weight excluding hydrogens is 390 g/mol. The highest BCUT2D eigenvalue weighted by molar-refractivity contribution is 5.88. The van der Waals surface area contributed by atoms with Crippen LogP contribution in [0, 0.1) is 6.92 Å². The summed E-state index contributed by atoms with van der Waals surface area (Å²) in [6.45, 7) is 9.46. The lowest BCUT2D eigenvalue weighted by atomic mass is 10.2. The van der Waals surface area contributed by atoms with E-state index in [4.69, 9.17) is 4.74 Å². The van der Waals surface area contributed by atoms with Crippen LogP contribution in [-0.4, -0.2) is 50.7 Å². The van der Waals surface area contributed by atoms with Crippen LogP contribution in [0.5, 0.6) is 5.75 Å². The molecule has 1 aliphatic rings. The Morgan fingerprint density at radius 2 is 2.03 bits per heavy atom. The van der Waals surface area contributed by atoms with E-state index in [2.05, 4.69) is 64.0 Å². The Kier molecular flexibility index (Phi) is 8.15. The monoisotopic (exact) mass is 423 g/mol. The molecule has 1 heterocycles. The number of benzene rings is 2. The fraction of sp³-hybridized carbons (Fsp3) is 0.417. The maximum absolute atomic E-state index is 11.2. The Balaban J connectivity index is 1.48. The van der Waals surface area contributed by atoms with Crippen LogP contribution in [-0.2, 0) is 4.79 Å². The van der Waals surface area contributed by atoms with Gasteiger partial charge in [0.2, 0.25) is 5.91 Å². The normalized spacial score (nSPS) is 16.2. The van der Waals surface area contributed by atoms with Crippen molar-refractivity contribution < 1.29 is 9.53 Å². The first-order chi connectivity index (χ1) is 15.0. The smallest absolute Gasteiger partial charge is 0.221 e. The molecule has 0 saturated carbocycles. The molecule has 1 fully saturated rings. The van der Waals surface area contributed by atoms with Gasteiger partial charge in [0.1, 0.15) is 12.4 Å². The third kappa shape index (κ3) is 7.20. The van der Waals surface area contributed by atoms with Crippen molar-refractivity contribution in [3.05, 3.63) is 54.1 Å². The second kappa shape index (κ2) is 11.2. The minimum atomic E-state index is -0.101. The van der Waals surface area contributed by atoms with E-state index in [9.17, 15) is 4.79 Å². The van der Waals surface area contributed by atoms with Crippen LogP contribution in [0.3, 0.4) is 0 Å². The molecule has 7 heteroatoms. The van der Waals surface area contributed by atoms with Gasteiger partial charge in [0, 0.05) is 50.0 Å². The number of aliphatic imine (C=N–C) groups is 1. The summed E-state index contributed by atoms with van der Waals surface area (Å²) < 4.78 is 5.79. The highest BCUT2D eigenvalue weighted by atomic mass is 16.5. The molecule has 1 unspecified atom stereocenters. The number of carbonyl (C=O) groups excluding carboxylic acids is 1. The molecule has 31 heavy (non-hydrogen) atoms. The van der Waals surface area contributed by atoms with Crippen LogP contribution in [0.15, 0.2) is 53.5 Å². The zero-order chi connectivity index (χ0) is 22.1. The van der Waals surface area contributed by atoms with E-state index < -0.39 is 0 Å². The van der Waals surface area contributed by atoms with Crippen molar-refractivity contribution in [2.24, 2.45) is 4.99 Å². The minimum absolute atomic E-state index is 0.101. The fourth-order valence-corrected chi connectivity index (χ4v) is 3.57. The molecule has 0 spiro atoms. The first-order valence-corrected chi connectivity index (χ1v) is 10.9. The predicted molar refractivity (Wildman–Crippen MR) is 127 cm³/mol. The van der Waals surface area contributed by atoms with Gasteiger partial charge in [0.15, 0.2) is 5.96 Å². The van der Waals surface area contributed by atoms with Crippen molar-refractivity contribution >= 4 is 23.2 Å². The van der Waals surface area contributed by atoms with Gasteiger partial charge in [0.25, 0.3) is 0 Å². The minimum Gasteiger partial charge on any atom is -0.492 e. The number of guanidine groups is 1. The second-order valence-corrected chi connectivity index (χ2v) is 7.73. The molecule has 0 bridgehead atoms. The lowest BCUT2D eigenvalue weighted by molar-refractivity contribution is -0.114. The average molecular weight is 424 g/mol. The number of hydrogen-bond acceptors (Lipinski definition) is 4. The van der Waals surface area contributed by atoms with Crippen LogP contribution in [0.25, 0.3) is 0 Å². The van der Waals surface area contributed by atoms with Crippen LogP contribution >= 0.6 is 0 Å². The van der Waals surface area contributed by atoms with Gasteiger partial charge in [0.05, 0.1) is 6.54 Å². The summed E-state index contributed by atoms with van der Waals surface area (Å²) in [5.74, 6) is 1.42. The number of amides is 1. The van der Waals surface area contributed by atoms with E-state index in [1.54, 1.807) is 0 Å². The van der Waals surface area contributed by atoms with Crippen molar-refractivity contribution in [3.8, 4) is 5.75 Å². The summed E-state index contributed by atoms with van der Waals surface area (Å²) in [5, 5.41) is 9.63. The Morgan fingerprint density at radius 3 is 2.77 bits per heavy atom. The molecule has 1 atom stereocenters. The van der Waals surface area contributed by atoms with Gasteiger partial charge in [-0.2, -0.15) is 0 Å². The lowest BCUT2D eigenvalue weighted by Crippen LogP contribution is -2.44. The second-order valence-electron chi connectivity index (χ2n) is 7.73. The summed E-state index contributed by atoms with van der Waals surface area (Å²) in [5.41, 5.74) is 3.28. The maximum Gasteiger partial charge on any atom is 0.221 e. The molecule has 1 amide bonds. The van der Waals surface area contributed by atoms with Crippen LogP contribution in [0.2, 0.25) is 0 Å². The van der Waals surface area contributed by atoms with E-state index in [0.29, 0.717) is 24.9 Å². The van der Waals surface area contributed by atoms with Gasteiger partial charge < -0.3 is 25.6 Å². The van der Waals surface area contributed by atoms with Crippen molar-refractivity contribution in [2.45, 2.75) is 33.2 Å². The van der Waals surface area contributed by atoms with Crippen molar-refractivity contribution in [2.75, 3.05) is 43.0 Å². The molecule has 0 radical (unpaired) electrons. The van der Waals surface area contributed by atoms with Gasteiger partial charge in [-0.05, 0) is 44.5 Å². The Bertz CT molecular complexity index is 882. The van der Waals surface area contributed by atoms with E-state index >= 15 is 0 Å².